The van der Waals surface area contributed by atoms with Crippen LogP contribution >= 0.6 is 0 Å². The zero-order valence-corrected chi connectivity index (χ0v) is 17.0. The van der Waals surface area contributed by atoms with E-state index in [-0.39, 0.29) is 11.4 Å². The fourth-order valence-electron chi connectivity index (χ4n) is 2.81. The Kier molecular flexibility index (Phi) is 6.53. The van der Waals surface area contributed by atoms with Crippen molar-refractivity contribution in [1.29, 1.82) is 0 Å². The Hall–Kier alpha value is -3.59. The van der Waals surface area contributed by atoms with Crippen LogP contribution in [0.3, 0.4) is 0 Å². The number of aromatic nitrogens is 2. The summed E-state index contributed by atoms with van der Waals surface area (Å²) in [5.41, 5.74) is 2.22. The molecule has 0 atom stereocenters. The number of hydrogen-bond donors (Lipinski definition) is 3. The fourth-order valence-corrected chi connectivity index (χ4v) is 2.81. The summed E-state index contributed by atoms with van der Waals surface area (Å²) >= 11 is 0. The number of nitrogens with one attached hydrogen (secondary N) is 2. The molecule has 0 saturated carbocycles. The van der Waals surface area contributed by atoms with Crippen LogP contribution in [0.1, 0.15) is 0 Å². The van der Waals surface area contributed by atoms with Gasteiger partial charge in [-0.2, -0.15) is 5.10 Å². The average Bonchev–Trinajstić information content (AvgIpc) is 3.10. The van der Waals surface area contributed by atoms with Crippen molar-refractivity contribution in [3.63, 3.8) is 0 Å². The third-order valence-corrected chi connectivity index (χ3v) is 4.34. The average molecular weight is 413 g/mol. The van der Waals surface area contributed by atoms with E-state index >= 15 is 0 Å². The third kappa shape index (κ3) is 5.26. The molecule has 0 unspecified atom stereocenters. The quantitative estimate of drug-likeness (QED) is 0.516. The fraction of sp³-hybridized carbons (Fsp3) is 0.238. The van der Waals surface area contributed by atoms with Crippen molar-refractivity contribution in [1.82, 2.24) is 14.7 Å². The highest BCUT2D eigenvalue weighted by Gasteiger charge is 2.13. The Morgan fingerprint density at radius 1 is 1.20 bits per heavy atom. The molecule has 0 aliphatic rings. The molecule has 0 fully saturated rings. The Morgan fingerprint density at radius 2 is 2.00 bits per heavy atom. The number of benzene rings is 2. The first-order chi connectivity index (χ1) is 14.3. The Labute approximate surface area is 173 Å². The Morgan fingerprint density at radius 3 is 2.67 bits per heavy atom. The molecule has 9 heteroatoms. The summed E-state index contributed by atoms with van der Waals surface area (Å²) in [5, 5.41) is 19.2. The number of amides is 2. The molecule has 0 spiro atoms. The molecule has 0 saturated heterocycles. The van der Waals surface area contributed by atoms with Crippen LogP contribution in [0.15, 0.2) is 48.7 Å². The van der Waals surface area contributed by atoms with Gasteiger partial charge in [0.05, 0.1) is 11.4 Å². The maximum atomic E-state index is 13.1. The van der Waals surface area contributed by atoms with Gasteiger partial charge in [0.1, 0.15) is 23.9 Å². The van der Waals surface area contributed by atoms with E-state index in [9.17, 15) is 14.3 Å². The van der Waals surface area contributed by atoms with Crippen LogP contribution < -0.4 is 15.4 Å². The molecular formula is C21H24FN5O3. The molecule has 0 radical (unpaired) electrons. The number of phenolic OH excluding ortho intramolecular Hbond substituents is 1. The zero-order chi connectivity index (χ0) is 21.7. The number of likely N-dealkylation sites (N-methyl/N-ethyl adjacent to an activating group) is 1. The standard InChI is InChI=1S/C21H24FN5O3/c1-26(2)10-11-30-20-7-5-15(13-16(20)18-8-9-23-27(18)3)24-21(29)25-17-6-4-14(22)12-19(17)28/h4-9,12-13,28H,10-11H2,1-3H3,(H2,24,25,29). The number of nitrogens with zero attached hydrogens (tertiary/aromatic N) is 3. The summed E-state index contributed by atoms with van der Waals surface area (Å²) in [6.45, 7) is 1.27. The van der Waals surface area contributed by atoms with Crippen LogP contribution in [0.5, 0.6) is 11.5 Å². The molecule has 8 nitrogen and oxygen atoms in total. The summed E-state index contributed by atoms with van der Waals surface area (Å²) < 4.78 is 20.8. The van der Waals surface area contributed by atoms with Gasteiger partial charge in [0.2, 0.25) is 0 Å². The van der Waals surface area contributed by atoms with Crippen molar-refractivity contribution in [3.05, 3.63) is 54.5 Å². The molecule has 2 amide bonds. The van der Waals surface area contributed by atoms with Gasteiger partial charge < -0.3 is 25.4 Å². The van der Waals surface area contributed by atoms with Crippen molar-refractivity contribution in [3.8, 4) is 22.8 Å². The predicted molar refractivity (Wildman–Crippen MR) is 113 cm³/mol. The van der Waals surface area contributed by atoms with Crippen LogP contribution in [0.25, 0.3) is 11.3 Å². The van der Waals surface area contributed by atoms with Crippen molar-refractivity contribution in [2.45, 2.75) is 0 Å². The first kappa shape index (κ1) is 21.1. The lowest BCUT2D eigenvalue weighted by atomic mass is 10.1. The molecule has 1 aromatic heterocycles. The molecule has 1 heterocycles. The summed E-state index contributed by atoms with van der Waals surface area (Å²) in [6, 6.07) is 9.92. The van der Waals surface area contributed by atoms with Crippen LogP contribution in [0, 0.1) is 5.82 Å². The number of hydrogen-bond acceptors (Lipinski definition) is 5. The van der Waals surface area contributed by atoms with Gasteiger partial charge in [0.15, 0.2) is 0 Å². The maximum absolute atomic E-state index is 13.1. The normalized spacial score (nSPS) is 10.8. The van der Waals surface area contributed by atoms with Gasteiger partial charge in [-0.05, 0) is 50.5 Å². The minimum Gasteiger partial charge on any atom is -0.506 e. The van der Waals surface area contributed by atoms with Crippen molar-refractivity contribution >= 4 is 17.4 Å². The summed E-state index contributed by atoms with van der Waals surface area (Å²) in [7, 11) is 5.76. The van der Waals surface area contributed by atoms with E-state index in [1.165, 1.54) is 6.07 Å². The van der Waals surface area contributed by atoms with Crippen molar-refractivity contribution in [2.24, 2.45) is 7.05 Å². The monoisotopic (exact) mass is 413 g/mol. The molecule has 2 aromatic carbocycles. The van der Waals surface area contributed by atoms with Crippen molar-refractivity contribution in [2.75, 3.05) is 37.9 Å². The number of phenols is 1. The topological polar surface area (TPSA) is 91.7 Å². The molecule has 3 rings (SSSR count). The number of aromatic hydroxyl groups is 1. The highest BCUT2D eigenvalue weighted by atomic mass is 19.1. The minimum atomic E-state index is -0.593. The minimum absolute atomic E-state index is 0.101. The molecule has 30 heavy (non-hydrogen) atoms. The van der Waals surface area contributed by atoms with Gasteiger partial charge in [-0.3, -0.25) is 4.68 Å². The van der Waals surface area contributed by atoms with Crippen LogP contribution in [0.2, 0.25) is 0 Å². The molecular weight excluding hydrogens is 389 g/mol. The number of urea groups is 1. The first-order valence-electron chi connectivity index (χ1n) is 9.30. The lowest BCUT2D eigenvalue weighted by Crippen LogP contribution is -2.20. The number of rotatable bonds is 7. The molecule has 3 N–H and O–H groups in total. The second-order valence-corrected chi connectivity index (χ2v) is 6.94. The molecule has 158 valence electrons. The van der Waals surface area contributed by atoms with Crippen LogP contribution in [-0.2, 0) is 7.05 Å². The maximum Gasteiger partial charge on any atom is 0.323 e. The smallest absolute Gasteiger partial charge is 0.323 e. The van der Waals surface area contributed by atoms with E-state index < -0.39 is 11.8 Å². The number of aryl methyl sites for hydroxylation is 1. The first-order valence-corrected chi connectivity index (χ1v) is 9.30. The SMILES string of the molecule is CN(C)CCOc1ccc(NC(=O)Nc2ccc(F)cc2O)cc1-c1ccnn1C. The number of carbonyl (C=O) groups is 1. The van der Waals surface area contributed by atoms with Gasteiger partial charge >= 0.3 is 6.03 Å². The van der Waals surface area contributed by atoms with Gasteiger partial charge in [0, 0.05) is 37.1 Å². The van der Waals surface area contributed by atoms with Crippen molar-refractivity contribution < 1.29 is 19.0 Å². The van der Waals surface area contributed by atoms with E-state index in [0.29, 0.717) is 18.0 Å². The van der Waals surface area contributed by atoms with Crippen LogP contribution in [-0.4, -0.2) is 53.1 Å². The molecule has 0 aliphatic carbocycles. The van der Waals surface area contributed by atoms with E-state index in [0.717, 1.165) is 29.9 Å². The largest absolute Gasteiger partial charge is 0.506 e. The lowest BCUT2D eigenvalue weighted by molar-refractivity contribution is 0.261. The number of anilines is 2. The summed E-state index contributed by atoms with van der Waals surface area (Å²) in [6.07, 6.45) is 1.68. The zero-order valence-electron chi connectivity index (χ0n) is 17.0. The van der Waals surface area contributed by atoms with E-state index in [2.05, 4.69) is 15.7 Å². The Bertz CT molecular complexity index is 1040. The summed E-state index contributed by atoms with van der Waals surface area (Å²) in [5.74, 6) is -0.280. The third-order valence-electron chi connectivity index (χ3n) is 4.34. The highest BCUT2D eigenvalue weighted by molar-refractivity contribution is 6.01. The van der Waals surface area contributed by atoms with E-state index in [4.69, 9.17) is 4.74 Å². The number of carbonyl (C=O) groups excluding carboxylic acids is 1. The predicted octanol–water partition coefficient (Wildman–Crippen LogP) is 3.52. The highest BCUT2D eigenvalue weighted by Crippen LogP contribution is 2.32. The second-order valence-electron chi connectivity index (χ2n) is 6.94. The van der Waals surface area contributed by atoms with Gasteiger partial charge in [-0.15, -0.1) is 0 Å². The molecule has 0 aliphatic heterocycles. The van der Waals surface area contributed by atoms with E-state index in [1.807, 2.05) is 32.1 Å². The number of ether oxygens (including phenoxy) is 1. The Balaban J connectivity index is 1.79. The molecule has 0 bridgehead atoms. The van der Waals surface area contributed by atoms with Gasteiger partial charge in [-0.1, -0.05) is 0 Å². The second kappa shape index (κ2) is 9.27. The number of halogens is 1. The lowest BCUT2D eigenvalue weighted by Gasteiger charge is -2.16. The molecule has 3 aromatic rings. The van der Waals surface area contributed by atoms with Gasteiger partial charge in [0.25, 0.3) is 0 Å². The summed E-state index contributed by atoms with van der Waals surface area (Å²) in [4.78, 5) is 14.4. The van der Waals surface area contributed by atoms with Crippen LogP contribution in [0.4, 0.5) is 20.6 Å². The van der Waals surface area contributed by atoms with E-state index in [1.54, 1.807) is 29.1 Å². The van der Waals surface area contributed by atoms with Gasteiger partial charge in [-0.25, -0.2) is 9.18 Å².